The molecular weight excluding hydrogens is 426 g/mol. The molecule has 8 heteroatoms. The van der Waals surface area contributed by atoms with E-state index in [4.69, 9.17) is 4.74 Å². The molecule has 2 rings (SSSR count). The van der Waals surface area contributed by atoms with Gasteiger partial charge in [-0.3, -0.25) is 0 Å². The number of hydrogen-bond donors (Lipinski definition) is 3. The number of carbonyl (C=O) groups excluding carboxylic acids is 1. The zero-order valence-electron chi connectivity index (χ0n) is 19.6. The van der Waals surface area contributed by atoms with Crippen LogP contribution in [0.1, 0.15) is 51.3 Å². The summed E-state index contributed by atoms with van der Waals surface area (Å²) in [5.41, 5.74) is 2.73. The van der Waals surface area contributed by atoms with Crippen LogP contribution in [-0.4, -0.2) is 33.6 Å². The highest BCUT2D eigenvalue weighted by Crippen LogP contribution is 2.24. The van der Waals surface area contributed by atoms with Crippen molar-refractivity contribution in [2.45, 2.75) is 58.4 Å². The van der Waals surface area contributed by atoms with Crippen LogP contribution in [0.3, 0.4) is 0 Å². The van der Waals surface area contributed by atoms with Crippen molar-refractivity contribution < 1.29 is 17.9 Å². The Morgan fingerprint density at radius 2 is 1.59 bits per heavy atom. The summed E-state index contributed by atoms with van der Waals surface area (Å²) in [6, 6.07) is 14.6. The Labute approximate surface area is 192 Å². The molecule has 0 spiro atoms. The van der Waals surface area contributed by atoms with Gasteiger partial charge in [0.05, 0.1) is 12.3 Å². The monoisotopic (exact) mass is 461 g/mol. The highest BCUT2D eigenvalue weighted by atomic mass is 32.2. The molecule has 2 amide bonds. The third kappa shape index (κ3) is 8.88. The van der Waals surface area contributed by atoms with Gasteiger partial charge in [-0.15, -0.1) is 0 Å². The number of amides is 2. The normalized spacial score (nSPS) is 11.9. The molecule has 0 fully saturated rings. The molecule has 0 heterocycles. The van der Waals surface area contributed by atoms with Gasteiger partial charge in [-0.2, -0.15) is 0 Å². The molecule has 0 saturated carbocycles. The second kappa shape index (κ2) is 11.3. The maximum atomic E-state index is 12.2. The lowest BCUT2D eigenvalue weighted by Crippen LogP contribution is -2.37. The lowest BCUT2D eigenvalue weighted by Gasteiger charge is -2.19. The Hall–Kier alpha value is -2.58. The molecule has 0 aliphatic carbocycles. The largest absolute Gasteiger partial charge is 0.492 e. The average Bonchev–Trinajstić information content (AvgIpc) is 2.69. The van der Waals surface area contributed by atoms with Crippen molar-refractivity contribution in [3.05, 3.63) is 65.2 Å². The van der Waals surface area contributed by atoms with E-state index in [0.717, 1.165) is 11.3 Å². The minimum Gasteiger partial charge on any atom is -0.492 e. The number of benzene rings is 2. The van der Waals surface area contributed by atoms with E-state index in [9.17, 15) is 13.2 Å². The predicted octanol–water partition coefficient (Wildman–Crippen LogP) is 3.69. The summed E-state index contributed by atoms with van der Waals surface area (Å²) in [7, 11) is -3.44. The van der Waals surface area contributed by atoms with E-state index < -0.39 is 10.0 Å². The van der Waals surface area contributed by atoms with Crippen LogP contribution in [0.5, 0.6) is 5.75 Å². The standard InChI is InChI=1S/C24H35N3O4S/c1-18(2)27-32(29,30)17-20-9-7-6-8-19(20)16-26-23(28)25-14-15-31-22-12-10-21(11-13-22)24(3,4)5/h6-13,18,27H,14-17H2,1-5H3,(H2,25,26,28). The van der Waals surface area contributed by atoms with Crippen molar-refractivity contribution >= 4 is 16.1 Å². The molecule has 0 atom stereocenters. The van der Waals surface area contributed by atoms with Gasteiger partial charge in [0, 0.05) is 12.6 Å². The van der Waals surface area contributed by atoms with Crippen LogP contribution < -0.4 is 20.1 Å². The van der Waals surface area contributed by atoms with Gasteiger partial charge in [-0.1, -0.05) is 57.2 Å². The van der Waals surface area contributed by atoms with E-state index in [1.54, 1.807) is 26.0 Å². The lowest BCUT2D eigenvalue weighted by atomic mass is 9.87. The minimum atomic E-state index is -3.44. The van der Waals surface area contributed by atoms with Crippen LogP contribution in [0, 0.1) is 0 Å². The zero-order chi connectivity index (χ0) is 23.8. The molecule has 0 aliphatic heterocycles. The second-order valence-electron chi connectivity index (χ2n) is 9.03. The number of ether oxygens (including phenoxy) is 1. The second-order valence-corrected chi connectivity index (χ2v) is 10.8. The molecular formula is C24H35N3O4S. The van der Waals surface area contributed by atoms with E-state index in [0.29, 0.717) is 18.7 Å². The molecule has 2 aromatic rings. The molecule has 0 aliphatic rings. The number of hydrogen-bond acceptors (Lipinski definition) is 4. The fourth-order valence-corrected chi connectivity index (χ4v) is 4.59. The van der Waals surface area contributed by atoms with Crippen LogP contribution in [-0.2, 0) is 27.7 Å². The summed E-state index contributed by atoms with van der Waals surface area (Å²) in [4.78, 5) is 12.1. The van der Waals surface area contributed by atoms with Crippen LogP contribution in [0.4, 0.5) is 4.79 Å². The Morgan fingerprint density at radius 1 is 0.969 bits per heavy atom. The Kier molecular flexibility index (Phi) is 9.09. The third-order valence-electron chi connectivity index (χ3n) is 4.70. The first-order valence-corrected chi connectivity index (χ1v) is 12.4. The summed E-state index contributed by atoms with van der Waals surface area (Å²) in [5, 5.41) is 5.51. The number of nitrogens with one attached hydrogen (secondary N) is 3. The highest BCUT2D eigenvalue weighted by molar-refractivity contribution is 7.88. The molecule has 0 unspecified atom stereocenters. The first kappa shape index (κ1) is 25.7. The molecule has 0 aromatic heterocycles. The van der Waals surface area contributed by atoms with Gasteiger partial charge in [0.2, 0.25) is 10.0 Å². The molecule has 7 nitrogen and oxygen atoms in total. The van der Waals surface area contributed by atoms with Crippen LogP contribution in [0.25, 0.3) is 0 Å². The molecule has 0 saturated heterocycles. The van der Waals surface area contributed by atoms with Gasteiger partial charge in [-0.05, 0) is 48.1 Å². The first-order chi connectivity index (χ1) is 15.0. The SMILES string of the molecule is CC(C)NS(=O)(=O)Cc1ccccc1CNC(=O)NCCOc1ccc(C(C)(C)C)cc1. The van der Waals surface area contributed by atoms with Crippen molar-refractivity contribution in [1.29, 1.82) is 0 Å². The highest BCUT2D eigenvalue weighted by Gasteiger charge is 2.16. The molecule has 32 heavy (non-hydrogen) atoms. The van der Waals surface area contributed by atoms with Gasteiger partial charge in [0.15, 0.2) is 0 Å². The van der Waals surface area contributed by atoms with Crippen molar-refractivity contribution in [3.63, 3.8) is 0 Å². The Balaban J connectivity index is 1.78. The van der Waals surface area contributed by atoms with Crippen molar-refractivity contribution in [1.82, 2.24) is 15.4 Å². The average molecular weight is 462 g/mol. The van der Waals surface area contributed by atoms with Crippen LogP contribution >= 0.6 is 0 Å². The smallest absolute Gasteiger partial charge is 0.315 e. The van der Waals surface area contributed by atoms with Gasteiger partial charge >= 0.3 is 6.03 Å². The number of carbonyl (C=O) groups is 1. The predicted molar refractivity (Wildman–Crippen MR) is 128 cm³/mol. The summed E-state index contributed by atoms with van der Waals surface area (Å²) < 4.78 is 32.7. The quantitative estimate of drug-likeness (QED) is 0.470. The number of rotatable bonds is 10. The topological polar surface area (TPSA) is 96.5 Å². The molecule has 2 aromatic carbocycles. The summed E-state index contributed by atoms with van der Waals surface area (Å²) in [5.74, 6) is 0.623. The fraction of sp³-hybridized carbons (Fsp3) is 0.458. The minimum absolute atomic E-state index is 0.0892. The van der Waals surface area contributed by atoms with Gasteiger partial charge < -0.3 is 15.4 Å². The third-order valence-corrected chi connectivity index (χ3v) is 6.22. The summed E-state index contributed by atoms with van der Waals surface area (Å²) in [6.45, 7) is 11.0. The van der Waals surface area contributed by atoms with E-state index in [1.165, 1.54) is 5.56 Å². The van der Waals surface area contributed by atoms with E-state index in [1.807, 2.05) is 36.4 Å². The van der Waals surface area contributed by atoms with Crippen molar-refractivity contribution in [3.8, 4) is 5.75 Å². The lowest BCUT2D eigenvalue weighted by molar-refractivity contribution is 0.236. The summed E-state index contributed by atoms with van der Waals surface area (Å²) in [6.07, 6.45) is 0. The molecule has 0 bridgehead atoms. The number of urea groups is 1. The first-order valence-electron chi connectivity index (χ1n) is 10.8. The van der Waals surface area contributed by atoms with E-state index >= 15 is 0 Å². The maximum Gasteiger partial charge on any atom is 0.315 e. The Bertz CT molecular complexity index is 981. The van der Waals surface area contributed by atoms with E-state index in [2.05, 4.69) is 36.1 Å². The van der Waals surface area contributed by atoms with Crippen LogP contribution in [0.2, 0.25) is 0 Å². The van der Waals surface area contributed by atoms with Gasteiger partial charge in [-0.25, -0.2) is 17.9 Å². The van der Waals surface area contributed by atoms with Gasteiger partial charge in [0.1, 0.15) is 12.4 Å². The molecule has 176 valence electrons. The van der Waals surface area contributed by atoms with E-state index in [-0.39, 0.29) is 29.8 Å². The number of sulfonamides is 1. The van der Waals surface area contributed by atoms with Gasteiger partial charge in [0.25, 0.3) is 0 Å². The molecule has 0 radical (unpaired) electrons. The Morgan fingerprint density at radius 3 is 2.19 bits per heavy atom. The van der Waals surface area contributed by atoms with Crippen molar-refractivity contribution in [2.75, 3.05) is 13.2 Å². The fourth-order valence-electron chi connectivity index (χ4n) is 3.10. The van der Waals surface area contributed by atoms with Crippen molar-refractivity contribution in [2.24, 2.45) is 0 Å². The summed E-state index contributed by atoms with van der Waals surface area (Å²) >= 11 is 0. The zero-order valence-corrected chi connectivity index (χ0v) is 20.4. The molecule has 3 N–H and O–H groups in total. The maximum absolute atomic E-state index is 12.2. The van der Waals surface area contributed by atoms with Crippen LogP contribution in [0.15, 0.2) is 48.5 Å².